The molecule has 0 aliphatic carbocycles. The smallest absolute Gasteiger partial charge is 0.285 e. The van der Waals surface area contributed by atoms with E-state index < -0.39 is 5.91 Å². The Kier molecular flexibility index (Phi) is 3.15. The van der Waals surface area contributed by atoms with Gasteiger partial charge in [-0.3, -0.25) is 14.9 Å². The highest BCUT2D eigenvalue weighted by atomic mass is 16.2. The first-order valence-electron chi connectivity index (χ1n) is 6.54. The average molecular weight is 285 g/mol. The van der Waals surface area contributed by atoms with E-state index in [-0.39, 0.29) is 5.69 Å². The number of hydrogen-bond donors (Lipinski definition) is 2. The Morgan fingerprint density at radius 1 is 1.48 bits per heavy atom. The first kappa shape index (κ1) is 13.3. The van der Waals surface area contributed by atoms with Gasteiger partial charge in [0, 0.05) is 30.1 Å². The van der Waals surface area contributed by atoms with Gasteiger partial charge in [0.2, 0.25) is 0 Å². The molecule has 0 bridgehead atoms. The van der Waals surface area contributed by atoms with Crippen LogP contribution in [0.2, 0.25) is 0 Å². The number of hydrazine groups is 1. The van der Waals surface area contributed by atoms with Gasteiger partial charge in [-0.05, 0) is 19.9 Å². The number of nitrogens with two attached hydrogens (primary N) is 1. The predicted molar refractivity (Wildman–Crippen MR) is 76.3 cm³/mol. The van der Waals surface area contributed by atoms with Gasteiger partial charge in [-0.1, -0.05) is 0 Å². The van der Waals surface area contributed by atoms with Gasteiger partial charge in [0.1, 0.15) is 0 Å². The molecule has 3 heterocycles. The third-order valence-corrected chi connectivity index (χ3v) is 3.40. The van der Waals surface area contributed by atoms with Crippen LogP contribution in [-0.4, -0.2) is 30.3 Å². The molecule has 0 spiro atoms. The van der Waals surface area contributed by atoms with Gasteiger partial charge in [-0.2, -0.15) is 10.2 Å². The molecule has 0 radical (unpaired) electrons. The Morgan fingerprint density at radius 2 is 2.29 bits per heavy atom. The van der Waals surface area contributed by atoms with Crippen molar-refractivity contribution in [3.05, 3.63) is 35.9 Å². The van der Waals surface area contributed by atoms with Crippen molar-refractivity contribution in [1.82, 2.24) is 29.8 Å². The summed E-state index contributed by atoms with van der Waals surface area (Å²) in [5.74, 6) is 4.69. The zero-order valence-electron chi connectivity index (χ0n) is 11.7. The summed E-state index contributed by atoms with van der Waals surface area (Å²) in [4.78, 5) is 15.8. The third kappa shape index (κ3) is 2.05. The van der Waals surface area contributed by atoms with Gasteiger partial charge in [-0.25, -0.2) is 15.3 Å². The molecule has 3 aromatic heterocycles. The lowest BCUT2D eigenvalue weighted by Crippen LogP contribution is -2.30. The van der Waals surface area contributed by atoms with Crippen molar-refractivity contribution in [2.45, 2.75) is 20.4 Å². The molecule has 0 atom stereocenters. The summed E-state index contributed by atoms with van der Waals surface area (Å²) in [5, 5.41) is 8.59. The van der Waals surface area contributed by atoms with Crippen molar-refractivity contribution in [2.75, 3.05) is 0 Å². The lowest BCUT2D eigenvalue weighted by Gasteiger charge is -2.04. The zero-order chi connectivity index (χ0) is 15.0. The van der Waals surface area contributed by atoms with Crippen molar-refractivity contribution in [1.29, 1.82) is 0 Å². The molecule has 8 heteroatoms. The van der Waals surface area contributed by atoms with Gasteiger partial charge in [0.15, 0.2) is 11.3 Å². The van der Waals surface area contributed by atoms with E-state index in [9.17, 15) is 4.79 Å². The minimum absolute atomic E-state index is 0.220. The molecule has 0 saturated carbocycles. The number of aromatic nitrogens is 5. The normalized spacial score (nSPS) is 11.0. The van der Waals surface area contributed by atoms with Gasteiger partial charge >= 0.3 is 0 Å². The van der Waals surface area contributed by atoms with E-state index in [0.717, 1.165) is 23.5 Å². The molecular formula is C13H15N7O. The van der Waals surface area contributed by atoms with Crippen molar-refractivity contribution in [2.24, 2.45) is 5.84 Å². The molecule has 0 aliphatic heterocycles. The van der Waals surface area contributed by atoms with E-state index in [4.69, 9.17) is 5.84 Å². The highest BCUT2D eigenvalue weighted by molar-refractivity contribution is 5.93. The average Bonchev–Trinajstić information content (AvgIpc) is 3.09. The molecule has 0 unspecified atom stereocenters. The Hall–Kier alpha value is -2.74. The Labute approximate surface area is 120 Å². The monoisotopic (exact) mass is 285 g/mol. The van der Waals surface area contributed by atoms with Crippen LogP contribution in [0, 0.1) is 6.92 Å². The van der Waals surface area contributed by atoms with Crippen LogP contribution in [0.1, 0.15) is 23.1 Å². The number of amides is 1. The fourth-order valence-corrected chi connectivity index (χ4v) is 2.30. The number of nitrogens with one attached hydrogen (secondary N) is 1. The molecule has 0 aliphatic rings. The van der Waals surface area contributed by atoms with E-state index in [2.05, 4.69) is 20.6 Å². The Morgan fingerprint density at radius 3 is 2.95 bits per heavy atom. The predicted octanol–water partition coefficient (Wildman–Crippen LogP) is 0.525. The Balaban J connectivity index is 2.20. The molecule has 3 rings (SSSR count). The molecule has 8 nitrogen and oxygen atoms in total. The van der Waals surface area contributed by atoms with Crippen LogP contribution >= 0.6 is 0 Å². The van der Waals surface area contributed by atoms with Crippen molar-refractivity contribution in [3.8, 4) is 11.3 Å². The minimum atomic E-state index is -0.451. The van der Waals surface area contributed by atoms with E-state index in [0.29, 0.717) is 5.65 Å². The SMILES string of the molecule is CCn1ncc(-c2ccnc3cc(C(=O)NN)nn23)c1C. The summed E-state index contributed by atoms with van der Waals surface area (Å²) in [6, 6.07) is 3.43. The van der Waals surface area contributed by atoms with Gasteiger partial charge in [0.05, 0.1) is 11.9 Å². The minimum Gasteiger partial charge on any atom is -0.289 e. The fourth-order valence-electron chi connectivity index (χ4n) is 2.30. The summed E-state index contributed by atoms with van der Waals surface area (Å²) in [6.45, 7) is 4.82. The largest absolute Gasteiger partial charge is 0.289 e. The van der Waals surface area contributed by atoms with Crippen molar-refractivity contribution < 1.29 is 4.79 Å². The van der Waals surface area contributed by atoms with Gasteiger partial charge < -0.3 is 0 Å². The molecule has 3 aromatic rings. The number of fused-ring (bicyclic) bond motifs is 1. The molecule has 108 valence electrons. The summed E-state index contributed by atoms with van der Waals surface area (Å²) in [6.07, 6.45) is 3.47. The van der Waals surface area contributed by atoms with Crippen LogP contribution in [0.4, 0.5) is 0 Å². The second kappa shape index (κ2) is 4.98. The number of hydrogen-bond acceptors (Lipinski definition) is 5. The standard InChI is InChI=1S/C13H15N7O/c1-3-19-8(2)9(7-16-19)11-4-5-15-12-6-10(13(21)17-14)18-20(11)12/h4-7H,3,14H2,1-2H3,(H,17,21). The maximum Gasteiger partial charge on any atom is 0.285 e. The van der Waals surface area contributed by atoms with E-state index in [1.165, 1.54) is 0 Å². The van der Waals surface area contributed by atoms with Crippen molar-refractivity contribution in [3.63, 3.8) is 0 Å². The molecule has 0 saturated heterocycles. The number of rotatable bonds is 3. The fraction of sp³-hybridized carbons (Fsp3) is 0.231. The van der Waals surface area contributed by atoms with Crippen LogP contribution in [0.25, 0.3) is 16.9 Å². The second-order valence-electron chi connectivity index (χ2n) is 4.56. The maximum atomic E-state index is 11.6. The van der Waals surface area contributed by atoms with Crippen LogP contribution < -0.4 is 11.3 Å². The molecular weight excluding hydrogens is 270 g/mol. The molecule has 0 fully saturated rings. The molecule has 1 amide bonds. The summed E-state index contributed by atoms with van der Waals surface area (Å²) >= 11 is 0. The summed E-state index contributed by atoms with van der Waals surface area (Å²) < 4.78 is 3.52. The Bertz CT molecular complexity index is 817. The van der Waals surface area contributed by atoms with Crippen LogP contribution in [0.3, 0.4) is 0 Å². The molecule has 3 N–H and O–H groups in total. The summed E-state index contributed by atoms with van der Waals surface area (Å²) in [5.41, 5.74) is 5.68. The van der Waals surface area contributed by atoms with Gasteiger partial charge in [0.25, 0.3) is 5.91 Å². The van der Waals surface area contributed by atoms with E-state index >= 15 is 0 Å². The molecule has 0 aromatic carbocycles. The van der Waals surface area contributed by atoms with Crippen LogP contribution in [0.5, 0.6) is 0 Å². The zero-order valence-corrected chi connectivity index (χ0v) is 11.7. The van der Waals surface area contributed by atoms with Crippen LogP contribution in [-0.2, 0) is 6.54 Å². The molecule has 21 heavy (non-hydrogen) atoms. The van der Waals surface area contributed by atoms with Crippen molar-refractivity contribution >= 4 is 11.6 Å². The lowest BCUT2D eigenvalue weighted by molar-refractivity contribution is 0.0948. The van der Waals surface area contributed by atoms with E-state index in [1.54, 1.807) is 23.0 Å². The first-order chi connectivity index (χ1) is 10.2. The number of carbonyl (C=O) groups is 1. The quantitative estimate of drug-likeness (QED) is 0.415. The second-order valence-corrected chi connectivity index (χ2v) is 4.56. The van der Waals surface area contributed by atoms with Gasteiger partial charge in [-0.15, -0.1) is 0 Å². The highest BCUT2D eigenvalue weighted by Gasteiger charge is 2.15. The lowest BCUT2D eigenvalue weighted by atomic mass is 10.2. The van der Waals surface area contributed by atoms with Crippen LogP contribution in [0.15, 0.2) is 24.5 Å². The summed E-state index contributed by atoms with van der Waals surface area (Å²) in [7, 11) is 0. The third-order valence-electron chi connectivity index (χ3n) is 3.40. The number of nitrogens with zero attached hydrogens (tertiary/aromatic N) is 5. The number of aryl methyl sites for hydroxylation is 1. The van der Waals surface area contributed by atoms with E-state index in [1.807, 2.05) is 24.6 Å². The highest BCUT2D eigenvalue weighted by Crippen LogP contribution is 2.23. The number of nitrogen functional groups attached to an aromatic ring is 1. The first-order valence-corrected chi connectivity index (χ1v) is 6.54. The topological polar surface area (TPSA) is 103 Å². The number of carbonyl (C=O) groups excluding carboxylic acids is 1. The maximum absolute atomic E-state index is 11.6.